The molecule has 0 aliphatic rings. The van der Waals surface area contributed by atoms with Crippen LogP contribution in [-0.4, -0.2) is 4.98 Å². The molecule has 1 aromatic heterocycles. The van der Waals surface area contributed by atoms with Crippen molar-refractivity contribution < 1.29 is 4.39 Å². The van der Waals surface area contributed by atoms with Gasteiger partial charge in [0.25, 0.3) is 0 Å². The molecule has 6 heteroatoms. The second-order valence-electron chi connectivity index (χ2n) is 3.32. The van der Waals surface area contributed by atoms with Gasteiger partial charge in [0.15, 0.2) is 5.82 Å². The molecular weight excluding hydrogens is 355 g/mol. The molecule has 0 radical (unpaired) electrons. The predicted octanol–water partition coefficient (Wildman–Crippen LogP) is 3.80. The molecule has 0 unspecified atom stereocenters. The maximum atomic E-state index is 12.9. The highest BCUT2D eigenvalue weighted by Crippen LogP contribution is 2.26. The summed E-state index contributed by atoms with van der Waals surface area (Å²) in [5.41, 5.74) is 6.97. The molecule has 2 aromatic rings. The van der Waals surface area contributed by atoms with E-state index >= 15 is 0 Å². The number of halogens is 3. The van der Waals surface area contributed by atoms with Gasteiger partial charge in [-0.1, -0.05) is 11.6 Å². The van der Waals surface area contributed by atoms with Gasteiger partial charge in [0, 0.05) is 3.57 Å². The van der Waals surface area contributed by atoms with Crippen LogP contribution in [0.25, 0.3) is 0 Å². The van der Waals surface area contributed by atoms with Crippen molar-refractivity contribution in [2.75, 3.05) is 11.1 Å². The zero-order chi connectivity index (χ0) is 12.4. The number of rotatable bonds is 2. The largest absolute Gasteiger partial charge is 0.396 e. The number of nitrogens with one attached hydrogen (secondary N) is 1. The van der Waals surface area contributed by atoms with Gasteiger partial charge in [-0.15, -0.1) is 0 Å². The standard InChI is InChI=1S/C11H8ClFIN3/c12-10-4-2-8(15)11(17-10)16-9-3-1-6(13)5-7(9)14/h1-5H,15H2,(H,16,17). The van der Waals surface area contributed by atoms with Crippen LogP contribution in [0.3, 0.4) is 0 Å². The summed E-state index contributed by atoms with van der Waals surface area (Å²) in [5.74, 6) is 0.175. The van der Waals surface area contributed by atoms with Crippen LogP contribution in [0, 0.1) is 9.39 Å². The number of nitrogens with zero attached hydrogens (tertiary/aromatic N) is 1. The number of anilines is 3. The van der Waals surface area contributed by atoms with Crippen molar-refractivity contribution in [3.8, 4) is 0 Å². The second-order valence-corrected chi connectivity index (χ2v) is 4.87. The highest BCUT2D eigenvalue weighted by Gasteiger charge is 2.06. The lowest BCUT2D eigenvalue weighted by Gasteiger charge is -2.10. The first-order valence-electron chi connectivity index (χ1n) is 4.70. The fourth-order valence-electron chi connectivity index (χ4n) is 1.26. The van der Waals surface area contributed by atoms with E-state index in [-0.39, 0.29) is 5.82 Å². The third-order valence-corrected chi connectivity index (χ3v) is 3.18. The molecule has 0 aliphatic heterocycles. The number of nitrogen functional groups attached to an aromatic ring is 1. The van der Waals surface area contributed by atoms with E-state index < -0.39 is 0 Å². The monoisotopic (exact) mass is 363 g/mol. The molecule has 88 valence electrons. The lowest BCUT2D eigenvalue weighted by Crippen LogP contribution is -2.00. The van der Waals surface area contributed by atoms with Crippen LogP contribution in [0.15, 0.2) is 30.3 Å². The lowest BCUT2D eigenvalue weighted by atomic mass is 10.3. The van der Waals surface area contributed by atoms with Crippen molar-refractivity contribution in [1.82, 2.24) is 4.98 Å². The molecule has 0 aliphatic carbocycles. The molecule has 0 bridgehead atoms. The Morgan fingerprint density at radius 3 is 2.76 bits per heavy atom. The zero-order valence-electron chi connectivity index (χ0n) is 8.55. The van der Waals surface area contributed by atoms with Crippen LogP contribution in [0.2, 0.25) is 5.15 Å². The van der Waals surface area contributed by atoms with E-state index in [1.54, 1.807) is 18.2 Å². The van der Waals surface area contributed by atoms with Gasteiger partial charge in [-0.2, -0.15) is 0 Å². The summed E-state index contributed by atoms with van der Waals surface area (Å²) >= 11 is 7.81. The number of aromatic nitrogens is 1. The van der Waals surface area contributed by atoms with Gasteiger partial charge in [-0.25, -0.2) is 9.37 Å². The smallest absolute Gasteiger partial charge is 0.155 e. The molecule has 0 atom stereocenters. The molecule has 0 fully saturated rings. The van der Waals surface area contributed by atoms with Crippen molar-refractivity contribution >= 4 is 51.4 Å². The highest BCUT2D eigenvalue weighted by molar-refractivity contribution is 14.1. The van der Waals surface area contributed by atoms with E-state index in [1.165, 1.54) is 12.1 Å². The van der Waals surface area contributed by atoms with Crippen molar-refractivity contribution in [3.05, 3.63) is 44.9 Å². The number of benzene rings is 1. The third kappa shape index (κ3) is 2.98. The summed E-state index contributed by atoms with van der Waals surface area (Å²) in [4.78, 5) is 4.06. The first kappa shape index (κ1) is 12.4. The topological polar surface area (TPSA) is 50.9 Å². The first-order valence-corrected chi connectivity index (χ1v) is 6.16. The Morgan fingerprint density at radius 2 is 2.06 bits per heavy atom. The summed E-state index contributed by atoms with van der Waals surface area (Å²) in [5, 5.41) is 3.36. The minimum absolute atomic E-state index is 0.285. The summed E-state index contributed by atoms with van der Waals surface area (Å²) < 4.78 is 13.7. The maximum Gasteiger partial charge on any atom is 0.155 e. The molecule has 3 nitrogen and oxygen atoms in total. The zero-order valence-corrected chi connectivity index (χ0v) is 11.5. The number of nitrogens with two attached hydrogens (primary N) is 1. The summed E-state index contributed by atoms with van der Waals surface area (Å²) in [7, 11) is 0. The first-order chi connectivity index (χ1) is 8.06. The summed E-state index contributed by atoms with van der Waals surface area (Å²) in [6.07, 6.45) is 0. The van der Waals surface area contributed by atoms with Crippen LogP contribution in [-0.2, 0) is 0 Å². The average molecular weight is 364 g/mol. The Kier molecular flexibility index (Phi) is 3.68. The fourth-order valence-corrected chi connectivity index (χ4v) is 2.02. The number of hydrogen-bond donors (Lipinski definition) is 2. The molecule has 17 heavy (non-hydrogen) atoms. The Balaban J connectivity index is 2.34. The molecule has 0 saturated carbocycles. The van der Waals surface area contributed by atoms with E-state index in [0.717, 1.165) is 9.26 Å². The van der Waals surface area contributed by atoms with Gasteiger partial charge in [0.2, 0.25) is 0 Å². The van der Waals surface area contributed by atoms with E-state index in [9.17, 15) is 4.39 Å². The van der Waals surface area contributed by atoms with Gasteiger partial charge in [0.05, 0.1) is 11.4 Å². The summed E-state index contributed by atoms with van der Waals surface area (Å²) in [6.45, 7) is 0. The molecule has 0 amide bonds. The van der Waals surface area contributed by atoms with Gasteiger partial charge in [0.1, 0.15) is 11.0 Å². The predicted molar refractivity (Wildman–Crippen MR) is 76.1 cm³/mol. The van der Waals surface area contributed by atoms with Gasteiger partial charge in [-0.3, -0.25) is 0 Å². The van der Waals surface area contributed by atoms with E-state index in [2.05, 4.69) is 10.3 Å². The molecule has 0 spiro atoms. The quantitative estimate of drug-likeness (QED) is 0.630. The average Bonchev–Trinajstić information content (AvgIpc) is 2.27. The molecule has 3 N–H and O–H groups in total. The Bertz CT molecular complexity index is 562. The Hall–Kier alpha value is -1.08. The van der Waals surface area contributed by atoms with Crippen LogP contribution >= 0.6 is 34.2 Å². The SMILES string of the molecule is Nc1ccc(Cl)nc1Nc1ccc(F)cc1I. The summed E-state index contributed by atoms with van der Waals surface area (Å²) in [6, 6.07) is 7.68. The van der Waals surface area contributed by atoms with E-state index in [4.69, 9.17) is 17.3 Å². The number of hydrogen-bond acceptors (Lipinski definition) is 3. The minimum Gasteiger partial charge on any atom is -0.396 e. The minimum atomic E-state index is -0.285. The van der Waals surface area contributed by atoms with E-state index in [1.807, 2.05) is 22.6 Å². The number of pyridine rings is 1. The highest BCUT2D eigenvalue weighted by atomic mass is 127. The normalized spacial score (nSPS) is 10.3. The van der Waals surface area contributed by atoms with Crippen molar-refractivity contribution in [3.63, 3.8) is 0 Å². The lowest BCUT2D eigenvalue weighted by molar-refractivity contribution is 0.627. The molecule has 2 rings (SSSR count). The van der Waals surface area contributed by atoms with E-state index in [0.29, 0.717) is 16.7 Å². The Labute approximate surface area is 116 Å². The van der Waals surface area contributed by atoms with Gasteiger partial charge < -0.3 is 11.1 Å². The maximum absolute atomic E-state index is 12.9. The molecular formula is C11H8ClFIN3. The molecule has 1 heterocycles. The van der Waals surface area contributed by atoms with Crippen LogP contribution in [0.5, 0.6) is 0 Å². The van der Waals surface area contributed by atoms with Crippen LogP contribution < -0.4 is 11.1 Å². The van der Waals surface area contributed by atoms with Crippen molar-refractivity contribution in [2.24, 2.45) is 0 Å². The van der Waals surface area contributed by atoms with Crippen molar-refractivity contribution in [1.29, 1.82) is 0 Å². The van der Waals surface area contributed by atoms with Crippen molar-refractivity contribution in [2.45, 2.75) is 0 Å². The van der Waals surface area contributed by atoms with Crippen LogP contribution in [0.1, 0.15) is 0 Å². The fraction of sp³-hybridized carbons (Fsp3) is 0. The Morgan fingerprint density at radius 1 is 1.29 bits per heavy atom. The van der Waals surface area contributed by atoms with Gasteiger partial charge >= 0.3 is 0 Å². The molecule has 0 saturated heterocycles. The third-order valence-electron chi connectivity index (χ3n) is 2.08. The second kappa shape index (κ2) is 5.05. The van der Waals surface area contributed by atoms with Gasteiger partial charge in [-0.05, 0) is 52.9 Å². The molecule has 1 aromatic carbocycles. The van der Waals surface area contributed by atoms with Crippen LogP contribution in [0.4, 0.5) is 21.6 Å².